The SMILES string of the molecule is CNCc1cccc(CS(=O)(=O)NC2(C)CCCCC2)c1. The zero-order valence-electron chi connectivity index (χ0n) is 13.0. The lowest BCUT2D eigenvalue weighted by Gasteiger charge is -2.34. The summed E-state index contributed by atoms with van der Waals surface area (Å²) < 4.78 is 27.8. The first kappa shape index (κ1) is 16.5. The summed E-state index contributed by atoms with van der Waals surface area (Å²) in [5, 5.41) is 3.08. The molecule has 0 amide bonds. The van der Waals surface area contributed by atoms with Crippen LogP contribution in [0.3, 0.4) is 0 Å². The zero-order chi connectivity index (χ0) is 15.3. The van der Waals surface area contributed by atoms with Crippen molar-refractivity contribution in [1.29, 1.82) is 0 Å². The van der Waals surface area contributed by atoms with E-state index < -0.39 is 10.0 Å². The topological polar surface area (TPSA) is 58.2 Å². The molecule has 0 bridgehead atoms. The summed E-state index contributed by atoms with van der Waals surface area (Å²) in [6.45, 7) is 2.78. The monoisotopic (exact) mass is 310 g/mol. The predicted molar refractivity (Wildman–Crippen MR) is 86.5 cm³/mol. The fraction of sp³-hybridized carbons (Fsp3) is 0.625. The third-order valence-corrected chi connectivity index (χ3v) is 5.61. The van der Waals surface area contributed by atoms with Gasteiger partial charge in [0.15, 0.2) is 0 Å². The predicted octanol–water partition coefficient (Wildman–Crippen LogP) is 2.55. The largest absolute Gasteiger partial charge is 0.316 e. The Hall–Kier alpha value is -0.910. The molecule has 118 valence electrons. The van der Waals surface area contributed by atoms with Crippen molar-refractivity contribution >= 4 is 10.0 Å². The van der Waals surface area contributed by atoms with Gasteiger partial charge in [0.1, 0.15) is 0 Å². The lowest BCUT2D eigenvalue weighted by molar-refractivity contribution is 0.294. The van der Waals surface area contributed by atoms with Crippen LogP contribution in [0.5, 0.6) is 0 Å². The fourth-order valence-electron chi connectivity index (χ4n) is 3.10. The molecule has 0 aliphatic heterocycles. The Kier molecular flexibility index (Phi) is 5.41. The Morgan fingerprint density at radius 1 is 1.14 bits per heavy atom. The van der Waals surface area contributed by atoms with Crippen LogP contribution < -0.4 is 10.0 Å². The van der Waals surface area contributed by atoms with Crippen molar-refractivity contribution in [3.63, 3.8) is 0 Å². The van der Waals surface area contributed by atoms with Crippen LogP contribution in [0.15, 0.2) is 24.3 Å². The highest BCUT2D eigenvalue weighted by atomic mass is 32.2. The molecule has 0 atom stereocenters. The Bertz CT molecular complexity index is 563. The van der Waals surface area contributed by atoms with E-state index in [9.17, 15) is 8.42 Å². The third kappa shape index (κ3) is 5.09. The van der Waals surface area contributed by atoms with E-state index in [-0.39, 0.29) is 11.3 Å². The van der Waals surface area contributed by atoms with E-state index in [0.29, 0.717) is 0 Å². The van der Waals surface area contributed by atoms with Gasteiger partial charge in [-0.15, -0.1) is 0 Å². The normalized spacial score (nSPS) is 18.6. The van der Waals surface area contributed by atoms with E-state index >= 15 is 0 Å². The fourth-order valence-corrected chi connectivity index (χ4v) is 4.74. The summed E-state index contributed by atoms with van der Waals surface area (Å²) in [6.07, 6.45) is 5.30. The van der Waals surface area contributed by atoms with E-state index in [1.807, 2.05) is 38.2 Å². The molecule has 0 unspecified atom stereocenters. The van der Waals surface area contributed by atoms with Crippen LogP contribution >= 0.6 is 0 Å². The van der Waals surface area contributed by atoms with Crippen molar-refractivity contribution in [2.24, 2.45) is 0 Å². The van der Waals surface area contributed by atoms with Gasteiger partial charge in [0.05, 0.1) is 5.75 Å². The van der Waals surface area contributed by atoms with Crippen molar-refractivity contribution in [1.82, 2.24) is 10.0 Å². The lowest BCUT2D eigenvalue weighted by atomic mass is 9.84. The van der Waals surface area contributed by atoms with Gasteiger partial charge in [0.2, 0.25) is 10.0 Å². The molecule has 1 fully saturated rings. The Balaban J connectivity index is 2.04. The summed E-state index contributed by atoms with van der Waals surface area (Å²) in [5.41, 5.74) is 1.68. The first-order chi connectivity index (χ1) is 9.92. The van der Waals surface area contributed by atoms with Crippen LogP contribution in [0, 0.1) is 0 Å². The highest BCUT2D eigenvalue weighted by Gasteiger charge is 2.31. The van der Waals surface area contributed by atoms with Crippen LogP contribution in [0.2, 0.25) is 0 Å². The van der Waals surface area contributed by atoms with E-state index in [1.165, 1.54) is 6.42 Å². The first-order valence-corrected chi connectivity index (χ1v) is 9.32. The minimum Gasteiger partial charge on any atom is -0.316 e. The molecule has 1 aliphatic rings. The second-order valence-corrected chi connectivity index (χ2v) is 8.06. The zero-order valence-corrected chi connectivity index (χ0v) is 13.8. The average Bonchev–Trinajstić information content (AvgIpc) is 2.38. The van der Waals surface area contributed by atoms with Crippen LogP contribution in [-0.2, 0) is 22.3 Å². The van der Waals surface area contributed by atoms with Gasteiger partial charge in [-0.05, 0) is 37.9 Å². The summed E-state index contributed by atoms with van der Waals surface area (Å²) in [7, 11) is -1.41. The molecule has 0 saturated heterocycles. The van der Waals surface area contributed by atoms with Crippen molar-refractivity contribution in [2.45, 2.75) is 56.9 Å². The summed E-state index contributed by atoms with van der Waals surface area (Å²) in [6, 6.07) is 7.75. The van der Waals surface area contributed by atoms with Crippen molar-refractivity contribution < 1.29 is 8.42 Å². The van der Waals surface area contributed by atoms with Crippen LogP contribution in [-0.4, -0.2) is 21.0 Å². The standard InChI is InChI=1S/C16H26N2O2S/c1-16(9-4-3-5-10-16)18-21(19,20)13-15-8-6-7-14(11-15)12-17-2/h6-8,11,17-18H,3-5,9-10,12-13H2,1-2H3. The number of hydrogen-bond donors (Lipinski definition) is 2. The maximum atomic E-state index is 12.4. The highest BCUT2D eigenvalue weighted by molar-refractivity contribution is 7.88. The molecular weight excluding hydrogens is 284 g/mol. The van der Waals surface area contributed by atoms with Crippen LogP contribution in [0.1, 0.15) is 50.2 Å². The van der Waals surface area contributed by atoms with Crippen molar-refractivity contribution in [3.8, 4) is 0 Å². The van der Waals surface area contributed by atoms with Gasteiger partial charge in [0.25, 0.3) is 0 Å². The van der Waals surface area contributed by atoms with E-state index in [4.69, 9.17) is 0 Å². The van der Waals surface area contributed by atoms with Gasteiger partial charge in [0, 0.05) is 12.1 Å². The number of sulfonamides is 1. The minimum absolute atomic E-state index is 0.0557. The lowest BCUT2D eigenvalue weighted by Crippen LogP contribution is -2.47. The Morgan fingerprint density at radius 3 is 2.48 bits per heavy atom. The quantitative estimate of drug-likeness (QED) is 0.849. The first-order valence-electron chi connectivity index (χ1n) is 7.67. The number of hydrogen-bond acceptors (Lipinski definition) is 3. The minimum atomic E-state index is -3.29. The van der Waals surface area contributed by atoms with Gasteiger partial charge < -0.3 is 5.32 Å². The van der Waals surface area contributed by atoms with E-state index in [2.05, 4.69) is 10.0 Å². The molecular formula is C16H26N2O2S. The summed E-state index contributed by atoms with van der Waals surface area (Å²) >= 11 is 0. The second kappa shape index (κ2) is 6.90. The van der Waals surface area contributed by atoms with Gasteiger partial charge in [-0.25, -0.2) is 13.1 Å². The van der Waals surface area contributed by atoms with Crippen LogP contribution in [0.25, 0.3) is 0 Å². The molecule has 5 heteroatoms. The average molecular weight is 310 g/mol. The molecule has 2 rings (SSSR count). The molecule has 21 heavy (non-hydrogen) atoms. The number of rotatable bonds is 6. The molecule has 0 heterocycles. The molecule has 0 radical (unpaired) electrons. The molecule has 1 aliphatic carbocycles. The second-order valence-electron chi connectivity index (χ2n) is 6.33. The summed E-state index contributed by atoms with van der Waals surface area (Å²) in [5.74, 6) is 0.0557. The Labute approximate surface area is 128 Å². The van der Waals surface area contributed by atoms with E-state index in [0.717, 1.165) is 43.4 Å². The van der Waals surface area contributed by atoms with Crippen LogP contribution in [0.4, 0.5) is 0 Å². The number of benzene rings is 1. The molecule has 1 aromatic carbocycles. The molecule has 0 spiro atoms. The molecule has 1 aromatic rings. The van der Waals surface area contributed by atoms with Gasteiger partial charge in [-0.3, -0.25) is 0 Å². The highest BCUT2D eigenvalue weighted by Crippen LogP contribution is 2.28. The maximum absolute atomic E-state index is 12.4. The molecule has 4 nitrogen and oxygen atoms in total. The molecule has 2 N–H and O–H groups in total. The molecule has 0 aromatic heterocycles. The van der Waals surface area contributed by atoms with Crippen molar-refractivity contribution in [3.05, 3.63) is 35.4 Å². The third-order valence-electron chi connectivity index (χ3n) is 4.09. The smallest absolute Gasteiger partial charge is 0.216 e. The van der Waals surface area contributed by atoms with E-state index in [1.54, 1.807) is 0 Å². The maximum Gasteiger partial charge on any atom is 0.216 e. The van der Waals surface area contributed by atoms with Gasteiger partial charge >= 0.3 is 0 Å². The van der Waals surface area contributed by atoms with Crippen molar-refractivity contribution in [2.75, 3.05) is 7.05 Å². The van der Waals surface area contributed by atoms with Gasteiger partial charge in [-0.1, -0.05) is 43.5 Å². The van der Waals surface area contributed by atoms with Gasteiger partial charge in [-0.2, -0.15) is 0 Å². The number of nitrogens with one attached hydrogen (secondary N) is 2. The Morgan fingerprint density at radius 2 is 1.81 bits per heavy atom. The molecule has 1 saturated carbocycles. The summed E-state index contributed by atoms with van der Waals surface area (Å²) in [4.78, 5) is 0.